The molecule has 1 amide bonds. The largest absolute Gasteiger partial charge is 0.387 e. The van der Waals surface area contributed by atoms with Gasteiger partial charge in [0.2, 0.25) is 0 Å². The topological polar surface area (TPSA) is 78.0 Å². The van der Waals surface area contributed by atoms with E-state index < -0.39 is 23.6 Å². The van der Waals surface area contributed by atoms with E-state index in [4.69, 9.17) is 0 Å². The van der Waals surface area contributed by atoms with Gasteiger partial charge in [-0.15, -0.1) is 0 Å². The molecule has 3 aromatic rings. The molecule has 0 aliphatic carbocycles. The predicted octanol–water partition coefficient (Wildman–Crippen LogP) is 2.82. The first-order chi connectivity index (χ1) is 12.1. The van der Waals surface area contributed by atoms with Crippen molar-refractivity contribution < 1.29 is 18.7 Å². The van der Waals surface area contributed by atoms with Gasteiger partial charge in [0.15, 0.2) is 0 Å². The zero-order valence-electron chi connectivity index (χ0n) is 13.0. The average molecular weight is 343 g/mol. The van der Waals surface area contributed by atoms with Crippen molar-refractivity contribution in [3.8, 4) is 11.3 Å². The second-order valence-corrected chi connectivity index (χ2v) is 5.42. The van der Waals surface area contributed by atoms with Gasteiger partial charge in [0.25, 0.3) is 5.91 Å². The number of carbonyl (C=O) groups is 1. The van der Waals surface area contributed by atoms with Crippen LogP contribution < -0.4 is 5.32 Å². The molecule has 0 fully saturated rings. The van der Waals surface area contributed by atoms with Crippen LogP contribution in [0.1, 0.15) is 22.0 Å². The number of benzene rings is 2. The number of aliphatic hydroxyl groups excluding tert-OH is 1. The zero-order valence-corrected chi connectivity index (χ0v) is 13.0. The molecule has 3 N–H and O–H groups in total. The number of aromatic nitrogens is 2. The van der Waals surface area contributed by atoms with Crippen LogP contribution in [0.2, 0.25) is 0 Å². The molecule has 1 heterocycles. The third kappa shape index (κ3) is 3.72. The number of nitrogens with zero attached hydrogens (tertiary/aromatic N) is 1. The number of carbonyl (C=O) groups excluding carboxylic acids is 1. The first-order valence-corrected chi connectivity index (χ1v) is 7.56. The lowest BCUT2D eigenvalue weighted by molar-refractivity contribution is 0.0917. The summed E-state index contributed by atoms with van der Waals surface area (Å²) in [5, 5.41) is 19.0. The van der Waals surface area contributed by atoms with Crippen LogP contribution in [0.3, 0.4) is 0 Å². The van der Waals surface area contributed by atoms with Crippen molar-refractivity contribution in [3.05, 3.63) is 77.5 Å². The Morgan fingerprint density at radius 3 is 2.60 bits per heavy atom. The highest BCUT2D eigenvalue weighted by Crippen LogP contribution is 2.24. The summed E-state index contributed by atoms with van der Waals surface area (Å²) in [6, 6.07) is 11.4. The smallest absolute Gasteiger partial charge is 0.255 e. The van der Waals surface area contributed by atoms with Crippen LogP contribution in [0.4, 0.5) is 8.78 Å². The Labute approximate surface area is 142 Å². The summed E-state index contributed by atoms with van der Waals surface area (Å²) in [6.07, 6.45) is 0.301. The Morgan fingerprint density at radius 2 is 1.88 bits per heavy atom. The summed E-state index contributed by atoms with van der Waals surface area (Å²) in [6.45, 7) is -0.0770. The van der Waals surface area contributed by atoms with Gasteiger partial charge < -0.3 is 10.4 Å². The molecular weight excluding hydrogens is 328 g/mol. The third-order valence-corrected chi connectivity index (χ3v) is 3.74. The van der Waals surface area contributed by atoms with Gasteiger partial charge in [-0.25, -0.2) is 8.78 Å². The molecule has 0 aliphatic rings. The molecule has 5 nitrogen and oxygen atoms in total. The van der Waals surface area contributed by atoms with E-state index in [2.05, 4.69) is 15.5 Å². The standard InChI is InChI=1S/C18H15F2N3O2/c19-12-7-5-11(6-8-12)16(24)10-21-18(25)14-9-22-23-17(14)13-3-1-2-4-15(13)20/h1-9,16,24H,10H2,(H,21,25)(H,22,23). The Morgan fingerprint density at radius 1 is 1.16 bits per heavy atom. The van der Waals surface area contributed by atoms with Gasteiger partial charge in [0, 0.05) is 12.1 Å². The van der Waals surface area contributed by atoms with Crippen molar-refractivity contribution in [2.45, 2.75) is 6.10 Å². The minimum Gasteiger partial charge on any atom is -0.387 e. The lowest BCUT2D eigenvalue weighted by Crippen LogP contribution is -2.28. The number of rotatable bonds is 5. The Hall–Kier alpha value is -3.06. The Kier molecular flexibility index (Phi) is 4.85. The molecule has 0 spiro atoms. The van der Waals surface area contributed by atoms with Crippen molar-refractivity contribution >= 4 is 5.91 Å². The summed E-state index contributed by atoms with van der Waals surface area (Å²) in [5.41, 5.74) is 1.12. The van der Waals surface area contributed by atoms with Crippen molar-refractivity contribution in [1.82, 2.24) is 15.5 Å². The highest BCUT2D eigenvalue weighted by atomic mass is 19.1. The van der Waals surface area contributed by atoms with Crippen molar-refractivity contribution in [1.29, 1.82) is 0 Å². The van der Waals surface area contributed by atoms with Gasteiger partial charge in [-0.05, 0) is 29.8 Å². The van der Waals surface area contributed by atoms with Crippen molar-refractivity contribution in [3.63, 3.8) is 0 Å². The summed E-state index contributed by atoms with van der Waals surface area (Å²) < 4.78 is 26.8. The second kappa shape index (κ2) is 7.23. The van der Waals surface area contributed by atoms with Crippen molar-refractivity contribution in [2.24, 2.45) is 0 Å². The molecule has 1 unspecified atom stereocenters. The number of nitrogens with one attached hydrogen (secondary N) is 2. The molecule has 0 saturated carbocycles. The minimum absolute atomic E-state index is 0.0770. The summed E-state index contributed by atoms with van der Waals surface area (Å²) >= 11 is 0. The van der Waals surface area contributed by atoms with E-state index in [0.29, 0.717) is 5.56 Å². The highest BCUT2D eigenvalue weighted by Gasteiger charge is 2.18. The zero-order chi connectivity index (χ0) is 17.8. The quantitative estimate of drug-likeness (QED) is 0.667. The summed E-state index contributed by atoms with van der Waals surface area (Å²) in [7, 11) is 0. The van der Waals surface area contributed by atoms with Crippen LogP contribution in [0.25, 0.3) is 11.3 Å². The molecule has 7 heteroatoms. The molecule has 2 aromatic carbocycles. The molecular formula is C18H15F2N3O2. The molecule has 0 saturated heterocycles. The number of aliphatic hydroxyl groups is 1. The fourth-order valence-electron chi connectivity index (χ4n) is 2.41. The first kappa shape index (κ1) is 16.8. The van der Waals surface area contributed by atoms with E-state index in [-0.39, 0.29) is 23.4 Å². The number of H-pyrrole nitrogens is 1. The van der Waals surface area contributed by atoms with Crippen LogP contribution in [0, 0.1) is 11.6 Å². The first-order valence-electron chi connectivity index (χ1n) is 7.56. The fourth-order valence-corrected chi connectivity index (χ4v) is 2.41. The van der Waals surface area contributed by atoms with Crippen LogP contribution in [-0.4, -0.2) is 27.8 Å². The number of hydrogen-bond acceptors (Lipinski definition) is 3. The van der Waals surface area contributed by atoms with Crippen LogP contribution in [0.5, 0.6) is 0 Å². The predicted molar refractivity (Wildman–Crippen MR) is 87.7 cm³/mol. The number of amides is 1. The Balaban J connectivity index is 1.71. The highest BCUT2D eigenvalue weighted by molar-refractivity contribution is 5.99. The Bertz CT molecular complexity index is 878. The molecule has 128 valence electrons. The van der Waals surface area contributed by atoms with E-state index in [9.17, 15) is 18.7 Å². The molecule has 0 aliphatic heterocycles. The maximum atomic E-state index is 13.9. The molecule has 25 heavy (non-hydrogen) atoms. The van der Waals surface area contributed by atoms with E-state index in [1.54, 1.807) is 12.1 Å². The molecule has 1 atom stereocenters. The van der Waals surface area contributed by atoms with Gasteiger partial charge in [-0.2, -0.15) is 5.10 Å². The lowest BCUT2D eigenvalue weighted by atomic mass is 10.1. The van der Waals surface area contributed by atoms with Gasteiger partial charge in [-0.1, -0.05) is 24.3 Å². The van der Waals surface area contributed by atoms with Crippen LogP contribution in [-0.2, 0) is 0 Å². The number of halogens is 2. The molecule has 3 rings (SSSR count). The van der Waals surface area contributed by atoms with Gasteiger partial charge in [0.05, 0.1) is 23.6 Å². The molecule has 1 aromatic heterocycles. The van der Waals surface area contributed by atoms with E-state index >= 15 is 0 Å². The third-order valence-electron chi connectivity index (χ3n) is 3.74. The van der Waals surface area contributed by atoms with Crippen LogP contribution in [0.15, 0.2) is 54.7 Å². The van der Waals surface area contributed by atoms with E-state index in [1.165, 1.54) is 42.6 Å². The maximum absolute atomic E-state index is 13.9. The number of hydrogen-bond donors (Lipinski definition) is 3. The molecule has 0 bridgehead atoms. The average Bonchev–Trinajstić information content (AvgIpc) is 3.10. The van der Waals surface area contributed by atoms with Crippen molar-refractivity contribution in [2.75, 3.05) is 6.54 Å². The lowest BCUT2D eigenvalue weighted by Gasteiger charge is -2.12. The maximum Gasteiger partial charge on any atom is 0.255 e. The van der Waals surface area contributed by atoms with Gasteiger partial charge >= 0.3 is 0 Å². The van der Waals surface area contributed by atoms with Gasteiger partial charge in [0.1, 0.15) is 11.6 Å². The van der Waals surface area contributed by atoms with Gasteiger partial charge in [-0.3, -0.25) is 9.89 Å². The van der Waals surface area contributed by atoms with Crippen LogP contribution >= 0.6 is 0 Å². The molecule has 0 radical (unpaired) electrons. The second-order valence-electron chi connectivity index (χ2n) is 5.42. The van der Waals surface area contributed by atoms with E-state index in [0.717, 1.165) is 0 Å². The fraction of sp³-hybridized carbons (Fsp3) is 0.111. The normalized spacial score (nSPS) is 12.0. The number of aromatic amines is 1. The summed E-state index contributed by atoms with van der Waals surface area (Å²) in [4.78, 5) is 12.3. The van der Waals surface area contributed by atoms with E-state index in [1.807, 2.05) is 0 Å². The minimum atomic E-state index is -0.992. The SMILES string of the molecule is O=C(NCC(O)c1ccc(F)cc1)c1cn[nH]c1-c1ccccc1F. The summed E-state index contributed by atoms with van der Waals surface area (Å²) in [5.74, 6) is -1.40. The monoisotopic (exact) mass is 343 g/mol.